The molecule has 2 aromatic rings. The minimum absolute atomic E-state index is 0.601. The average molecular weight is 397 g/mol. The Morgan fingerprint density at radius 1 is 0.900 bits per heavy atom. The number of rotatable bonds is 6. The van der Waals surface area contributed by atoms with Gasteiger partial charge in [0.25, 0.3) is 0 Å². The van der Waals surface area contributed by atoms with Gasteiger partial charge in [-0.15, -0.1) is 0 Å². The lowest BCUT2D eigenvalue weighted by molar-refractivity contribution is 0.493. The van der Waals surface area contributed by atoms with Crippen molar-refractivity contribution >= 4 is 31.9 Å². The van der Waals surface area contributed by atoms with Crippen molar-refractivity contribution in [2.75, 3.05) is 13.6 Å². The summed E-state index contributed by atoms with van der Waals surface area (Å²) in [6.07, 6.45) is 2.18. The molecule has 2 rings (SSSR count). The Morgan fingerprint density at radius 2 is 1.40 bits per heavy atom. The predicted molar refractivity (Wildman–Crippen MR) is 93.1 cm³/mol. The van der Waals surface area contributed by atoms with E-state index in [9.17, 15) is 0 Å². The summed E-state index contributed by atoms with van der Waals surface area (Å²) in [5, 5.41) is 3.31. The molecule has 106 valence electrons. The summed E-state index contributed by atoms with van der Waals surface area (Å²) in [5.74, 6) is 0.601. The van der Waals surface area contributed by atoms with Gasteiger partial charge in [-0.05, 0) is 67.7 Å². The van der Waals surface area contributed by atoms with Crippen LogP contribution in [-0.4, -0.2) is 13.6 Å². The molecule has 1 N–H and O–H groups in total. The van der Waals surface area contributed by atoms with Gasteiger partial charge in [0.05, 0.1) is 0 Å². The zero-order chi connectivity index (χ0) is 14.4. The first kappa shape index (κ1) is 15.7. The van der Waals surface area contributed by atoms with E-state index in [1.807, 2.05) is 7.05 Å². The van der Waals surface area contributed by atoms with Gasteiger partial charge in [-0.3, -0.25) is 0 Å². The van der Waals surface area contributed by atoms with Crippen molar-refractivity contribution in [3.05, 3.63) is 68.6 Å². The van der Waals surface area contributed by atoms with Crippen LogP contribution in [0.2, 0.25) is 0 Å². The maximum absolute atomic E-state index is 3.55. The van der Waals surface area contributed by atoms with E-state index in [0.29, 0.717) is 5.92 Å². The first-order valence-electron chi connectivity index (χ1n) is 6.81. The molecule has 0 bridgehead atoms. The van der Waals surface area contributed by atoms with Crippen LogP contribution in [0.1, 0.15) is 11.1 Å². The number of hydrogen-bond acceptors (Lipinski definition) is 1. The Morgan fingerprint density at radius 3 is 1.80 bits per heavy atom. The Labute approximate surface area is 138 Å². The van der Waals surface area contributed by atoms with Gasteiger partial charge in [-0.2, -0.15) is 0 Å². The highest BCUT2D eigenvalue weighted by atomic mass is 79.9. The molecule has 3 heteroatoms. The van der Waals surface area contributed by atoms with Crippen LogP contribution in [0.25, 0.3) is 0 Å². The Bertz CT molecular complexity index is 507. The SMILES string of the molecule is CNCC(Cc1cccc(Br)c1)Cc1cccc(Br)c1. The lowest BCUT2D eigenvalue weighted by Crippen LogP contribution is -2.22. The van der Waals surface area contributed by atoms with E-state index in [0.717, 1.165) is 28.3 Å². The molecule has 0 fully saturated rings. The summed E-state index contributed by atoms with van der Waals surface area (Å²) < 4.78 is 2.31. The molecule has 0 aliphatic rings. The van der Waals surface area contributed by atoms with Crippen LogP contribution in [-0.2, 0) is 12.8 Å². The van der Waals surface area contributed by atoms with E-state index in [4.69, 9.17) is 0 Å². The van der Waals surface area contributed by atoms with Crippen LogP contribution in [0.3, 0.4) is 0 Å². The van der Waals surface area contributed by atoms with E-state index in [2.05, 4.69) is 85.7 Å². The lowest BCUT2D eigenvalue weighted by atomic mass is 9.92. The molecule has 20 heavy (non-hydrogen) atoms. The second-order valence-corrected chi connectivity index (χ2v) is 6.92. The summed E-state index contributed by atoms with van der Waals surface area (Å²) >= 11 is 7.09. The van der Waals surface area contributed by atoms with Gasteiger partial charge in [0, 0.05) is 8.95 Å². The third kappa shape index (κ3) is 5.04. The largest absolute Gasteiger partial charge is 0.319 e. The molecule has 0 atom stereocenters. The van der Waals surface area contributed by atoms with E-state index in [-0.39, 0.29) is 0 Å². The summed E-state index contributed by atoms with van der Waals surface area (Å²) in [6, 6.07) is 17.2. The highest BCUT2D eigenvalue weighted by Crippen LogP contribution is 2.19. The fraction of sp³-hybridized carbons (Fsp3) is 0.294. The van der Waals surface area contributed by atoms with Crippen molar-refractivity contribution in [1.29, 1.82) is 0 Å². The number of halogens is 2. The van der Waals surface area contributed by atoms with Crippen molar-refractivity contribution in [2.45, 2.75) is 12.8 Å². The van der Waals surface area contributed by atoms with Crippen molar-refractivity contribution in [1.82, 2.24) is 5.32 Å². The topological polar surface area (TPSA) is 12.0 Å². The van der Waals surface area contributed by atoms with Gasteiger partial charge in [-0.25, -0.2) is 0 Å². The molecule has 1 nitrogen and oxygen atoms in total. The van der Waals surface area contributed by atoms with Crippen LogP contribution in [0.15, 0.2) is 57.5 Å². The molecule has 0 saturated carbocycles. The molecule has 0 unspecified atom stereocenters. The fourth-order valence-corrected chi connectivity index (χ4v) is 3.39. The number of hydrogen-bond donors (Lipinski definition) is 1. The molecule has 0 heterocycles. The van der Waals surface area contributed by atoms with Gasteiger partial charge >= 0.3 is 0 Å². The Hall–Kier alpha value is -0.640. The number of nitrogens with one attached hydrogen (secondary N) is 1. The van der Waals surface area contributed by atoms with Gasteiger partial charge in [0.15, 0.2) is 0 Å². The zero-order valence-corrected chi connectivity index (χ0v) is 14.7. The highest BCUT2D eigenvalue weighted by Gasteiger charge is 2.10. The Kier molecular flexibility index (Phi) is 6.27. The maximum atomic E-state index is 3.55. The minimum Gasteiger partial charge on any atom is -0.319 e. The van der Waals surface area contributed by atoms with Gasteiger partial charge < -0.3 is 5.32 Å². The maximum Gasteiger partial charge on any atom is 0.0177 e. The molecule has 0 spiro atoms. The van der Waals surface area contributed by atoms with E-state index in [1.165, 1.54) is 11.1 Å². The van der Waals surface area contributed by atoms with Crippen LogP contribution in [0.5, 0.6) is 0 Å². The smallest absolute Gasteiger partial charge is 0.0177 e. The molecule has 0 saturated heterocycles. The summed E-state index contributed by atoms with van der Waals surface area (Å²) in [6.45, 7) is 1.03. The molecule has 0 aromatic heterocycles. The van der Waals surface area contributed by atoms with Gasteiger partial charge in [0.2, 0.25) is 0 Å². The van der Waals surface area contributed by atoms with E-state index < -0.39 is 0 Å². The monoisotopic (exact) mass is 395 g/mol. The van der Waals surface area contributed by atoms with Crippen molar-refractivity contribution < 1.29 is 0 Å². The standard InChI is InChI=1S/C17H19Br2N/c1-20-12-15(8-13-4-2-6-16(18)10-13)9-14-5-3-7-17(19)11-14/h2-7,10-11,15,20H,8-9,12H2,1H3. The molecule has 2 aromatic carbocycles. The van der Waals surface area contributed by atoms with Gasteiger partial charge in [0.1, 0.15) is 0 Å². The summed E-state index contributed by atoms with van der Waals surface area (Å²) in [7, 11) is 2.02. The van der Waals surface area contributed by atoms with Crippen molar-refractivity contribution in [3.63, 3.8) is 0 Å². The normalized spacial score (nSPS) is 11.0. The quantitative estimate of drug-likeness (QED) is 0.737. The molecular formula is C17H19Br2N. The Balaban J connectivity index is 2.07. The third-order valence-electron chi connectivity index (χ3n) is 3.32. The first-order valence-corrected chi connectivity index (χ1v) is 8.39. The van der Waals surface area contributed by atoms with Crippen LogP contribution >= 0.6 is 31.9 Å². The summed E-state index contributed by atoms with van der Waals surface area (Å²) in [4.78, 5) is 0. The van der Waals surface area contributed by atoms with Gasteiger partial charge in [-0.1, -0.05) is 56.1 Å². The fourth-order valence-electron chi connectivity index (χ4n) is 2.50. The second-order valence-electron chi connectivity index (χ2n) is 5.09. The first-order chi connectivity index (χ1) is 9.67. The third-order valence-corrected chi connectivity index (χ3v) is 4.31. The molecule has 0 aliphatic carbocycles. The zero-order valence-electron chi connectivity index (χ0n) is 11.6. The van der Waals surface area contributed by atoms with Crippen LogP contribution in [0.4, 0.5) is 0 Å². The molecule has 0 radical (unpaired) electrons. The summed E-state index contributed by atoms with van der Waals surface area (Å²) in [5.41, 5.74) is 2.77. The molecule has 0 amide bonds. The highest BCUT2D eigenvalue weighted by molar-refractivity contribution is 9.10. The van der Waals surface area contributed by atoms with Crippen LogP contribution < -0.4 is 5.32 Å². The van der Waals surface area contributed by atoms with E-state index >= 15 is 0 Å². The predicted octanol–water partition coefficient (Wildman–Crippen LogP) is 4.83. The van der Waals surface area contributed by atoms with E-state index in [1.54, 1.807) is 0 Å². The molecular weight excluding hydrogens is 378 g/mol. The lowest BCUT2D eigenvalue weighted by Gasteiger charge is -2.17. The minimum atomic E-state index is 0.601. The second kappa shape index (κ2) is 7.96. The molecule has 0 aliphatic heterocycles. The average Bonchev–Trinajstić information content (AvgIpc) is 2.39. The van der Waals surface area contributed by atoms with Crippen LogP contribution in [0, 0.1) is 5.92 Å². The number of benzene rings is 2. The van der Waals surface area contributed by atoms with Crippen molar-refractivity contribution in [2.24, 2.45) is 5.92 Å². The van der Waals surface area contributed by atoms with Crippen molar-refractivity contribution in [3.8, 4) is 0 Å².